The predicted octanol–water partition coefficient (Wildman–Crippen LogP) is 2.83. The first kappa shape index (κ1) is 16.3. The van der Waals surface area contributed by atoms with Crippen molar-refractivity contribution < 1.29 is 9.59 Å². The lowest BCUT2D eigenvalue weighted by molar-refractivity contribution is -0.126. The average Bonchev–Trinajstić information content (AvgIpc) is 2.46. The van der Waals surface area contributed by atoms with Gasteiger partial charge in [-0.15, -0.1) is 0 Å². The third-order valence-corrected chi connectivity index (χ3v) is 3.91. The number of carbonyl (C=O) groups excluding carboxylic acids is 2. The number of hydrogen-bond donors (Lipinski definition) is 2. The van der Waals surface area contributed by atoms with E-state index in [0.29, 0.717) is 21.2 Å². The Hall–Kier alpha value is -2.04. The van der Waals surface area contributed by atoms with Gasteiger partial charge in [0.2, 0.25) is 11.8 Å². The first-order valence-electron chi connectivity index (χ1n) is 6.49. The molecule has 0 saturated heterocycles. The zero-order valence-corrected chi connectivity index (χ0v) is 13.0. The number of rotatable bonds is 5. The summed E-state index contributed by atoms with van der Waals surface area (Å²) in [6.45, 7) is 0. The van der Waals surface area contributed by atoms with Crippen molar-refractivity contribution in [2.75, 3.05) is 0 Å². The van der Waals surface area contributed by atoms with Gasteiger partial charge in [0.25, 0.3) is 0 Å². The van der Waals surface area contributed by atoms with Crippen molar-refractivity contribution in [1.82, 2.24) is 0 Å². The van der Waals surface area contributed by atoms with Gasteiger partial charge in [-0.25, -0.2) is 0 Å². The highest BCUT2D eigenvalue weighted by Gasteiger charge is 2.33. The van der Waals surface area contributed by atoms with Crippen LogP contribution in [-0.2, 0) is 9.59 Å². The molecule has 2 aromatic rings. The maximum atomic E-state index is 11.9. The van der Waals surface area contributed by atoms with Crippen LogP contribution in [0.5, 0.6) is 0 Å². The summed E-state index contributed by atoms with van der Waals surface area (Å²) in [7, 11) is 0. The van der Waals surface area contributed by atoms with Crippen LogP contribution >= 0.6 is 23.2 Å². The molecule has 4 nitrogen and oxygen atoms in total. The molecule has 2 atom stereocenters. The van der Waals surface area contributed by atoms with Crippen molar-refractivity contribution in [3.05, 3.63) is 69.7 Å². The smallest absolute Gasteiger partial charge is 0.226 e. The molecular formula is C16H14Cl2N2O2. The largest absolute Gasteiger partial charge is 0.369 e. The molecule has 0 unspecified atom stereocenters. The molecule has 0 heterocycles. The number of hydrogen-bond acceptors (Lipinski definition) is 2. The molecule has 0 radical (unpaired) electrons. The summed E-state index contributed by atoms with van der Waals surface area (Å²) in [4.78, 5) is 23.9. The van der Waals surface area contributed by atoms with Gasteiger partial charge in [-0.3, -0.25) is 9.59 Å². The van der Waals surface area contributed by atoms with E-state index in [-0.39, 0.29) is 0 Å². The summed E-state index contributed by atoms with van der Waals surface area (Å²) in [5.41, 5.74) is 12.2. The maximum absolute atomic E-state index is 11.9. The quantitative estimate of drug-likeness (QED) is 0.879. The van der Waals surface area contributed by atoms with Crippen LogP contribution in [-0.4, -0.2) is 11.8 Å². The molecule has 114 valence electrons. The SMILES string of the molecule is NC(=O)[C@H](c1ccc(Cl)cc1)[C@H](C(N)=O)c1ccc(Cl)cc1. The molecule has 2 rings (SSSR count). The second-order valence-corrected chi connectivity index (χ2v) is 5.74. The fourth-order valence-corrected chi connectivity index (χ4v) is 2.63. The molecule has 0 aliphatic rings. The lowest BCUT2D eigenvalue weighted by atomic mass is 9.80. The van der Waals surface area contributed by atoms with Crippen molar-refractivity contribution in [2.45, 2.75) is 11.8 Å². The first-order chi connectivity index (χ1) is 10.4. The molecule has 2 amide bonds. The minimum atomic E-state index is -0.879. The van der Waals surface area contributed by atoms with Gasteiger partial charge < -0.3 is 11.5 Å². The fourth-order valence-electron chi connectivity index (χ4n) is 2.38. The van der Waals surface area contributed by atoms with Gasteiger partial charge >= 0.3 is 0 Å². The summed E-state index contributed by atoms with van der Waals surface area (Å²) in [6, 6.07) is 13.2. The summed E-state index contributed by atoms with van der Waals surface area (Å²) >= 11 is 11.7. The van der Waals surface area contributed by atoms with E-state index >= 15 is 0 Å². The molecule has 0 aliphatic heterocycles. The molecule has 0 spiro atoms. The summed E-state index contributed by atoms with van der Waals surface area (Å²) < 4.78 is 0. The minimum Gasteiger partial charge on any atom is -0.369 e. The third kappa shape index (κ3) is 3.59. The summed E-state index contributed by atoms with van der Waals surface area (Å²) in [6.07, 6.45) is 0. The van der Waals surface area contributed by atoms with Crippen LogP contribution in [0.4, 0.5) is 0 Å². The molecule has 0 aliphatic carbocycles. The molecule has 0 fully saturated rings. The Bertz CT molecular complexity index is 623. The van der Waals surface area contributed by atoms with E-state index in [1.807, 2.05) is 0 Å². The van der Waals surface area contributed by atoms with E-state index in [9.17, 15) is 9.59 Å². The van der Waals surface area contributed by atoms with E-state index in [2.05, 4.69) is 0 Å². The highest BCUT2D eigenvalue weighted by molar-refractivity contribution is 6.30. The summed E-state index contributed by atoms with van der Waals surface area (Å²) in [5, 5.41) is 1.04. The van der Waals surface area contributed by atoms with Crippen LogP contribution in [0.15, 0.2) is 48.5 Å². The van der Waals surface area contributed by atoms with Crippen LogP contribution in [0.1, 0.15) is 23.0 Å². The topological polar surface area (TPSA) is 86.2 Å². The Kier molecular flexibility index (Phi) is 5.06. The van der Waals surface area contributed by atoms with Crippen molar-refractivity contribution in [3.8, 4) is 0 Å². The molecule has 6 heteroatoms. The number of benzene rings is 2. The maximum Gasteiger partial charge on any atom is 0.226 e. The number of halogens is 2. The van der Waals surface area contributed by atoms with Crippen molar-refractivity contribution in [3.63, 3.8) is 0 Å². The Balaban J connectivity index is 2.51. The van der Waals surface area contributed by atoms with Crippen LogP contribution in [0.25, 0.3) is 0 Å². The van der Waals surface area contributed by atoms with Crippen LogP contribution in [0.2, 0.25) is 10.0 Å². The third-order valence-electron chi connectivity index (χ3n) is 3.40. The van der Waals surface area contributed by atoms with E-state index in [4.69, 9.17) is 34.7 Å². The van der Waals surface area contributed by atoms with Gasteiger partial charge in [-0.1, -0.05) is 47.5 Å². The van der Waals surface area contributed by atoms with Gasteiger partial charge in [0, 0.05) is 10.0 Å². The van der Waals surface area contributed by atoms with E-state index < -0.39 is 23.7 Å². The second-order valence-electron chi connectivity index (χ2n) is 4.86. The fraction of sp³-hybridized carbons (Fsp3) is 0.125. The van der Waals surface area contributed by atoms with Gasteiger partial charge in [0.1, 0.15) is 0 Å². The standard InChI is InChI=1S/C16H14Cl2N2O2/c17-11-5-1-9(2-6-11)13(15(19)21)14(16(20)22)10-3-7-12(18)8-4-10/h1-8,13-14H,(H2,19,21)(H2,20,22)/t13-,14-/m1/s1. The molecule has 0 aromatic heterocycles. The predicted molar refractivity (Wildman–Crippen MR) is 86.8 cm³/mol. The highest BCUT2D eigenvalue weighted by atomic mass is 35.5. The lowest BCUT2D eigenvalue weighted by Crippen LogP contribution is -2.34. The number of primary amides is 2. The van der Waals surface area contributed by atoms with Crippen molar-refractivity contribution >= 4 is 35.0 Å². The monoisotopic (exact) mass is 336 g/mol. The molecule has 0 bridgehead atoms. The van der Waals surface area contributed by atoms with Crippen LogP contribution in [0.3, 0.4) is 0 Å². The Morgan fingerprint density at radius 2 is 0.955 bits per heavy atom. The average molecular weight is 337 g/mol. The van der Waals surface area contributed by atoms with E-state index in [1.54, 1.807) is 48.5 Å². The summed E-state index contributed by atoms with van der Waals surface area (Å²) in [5.74, 6) is -3.03. The Morgan fingerprint density at radius 1 is 0.682 bits per heavy atom. The lowest BCUT2D eigenvalue weighted by Gasteiger charge is -2.23. The first-order valence-corrected chi connectivity index (χ1v) is 7.25. The minimum absolute atomic E-state index is 0.522. The molecule has 0 saturated carbocycles. The molecule has 4 N–H and O–H groups in total. The number of carbonyl (C=O) groups is 2. The number of amides is 2. The molecule has 22 heavy (non-hydrogen) atoms. The second kappa shape index (κ2) is 6.81. The molecule has 2 aromatic carbocycles. The van der Waals surface area contributed by atoms with E-state index in [1.165, 1.54) is 0 Å². The highest BCUT2D eigenvalue weighted by Crippen LogP contribution is 2.34. The van der Waals surface area contributed by atoms with E-state index in [0.717, 1.165) is 0 Å². The zero-order chi connectivity index (χ0) is 16.3. The van der Waals surface area contributed by atoms with Gasteiger partial charge in [-0.05, 0) is 35.4 Å². The van der Waals surface area contributed by atoms with Gasteiger partial charge in [0.05, 0.1) is 11.8 Å². The van der Waals surface area contributed by atoms with Gasteiger partial charge in [0.15, 0.2) is 0 Å². The van der Waals surface area contributed by atoms with Crippen LogP contribution < -0.4 is 11.5 Å². The van der Waals surface area contributed by atoms with Crippen molar-refractivity contribution in [1.29, 1.82) is 0 Å². The van der Waals surface area contributed by atoms with Crippen LogP contribution in [0, 0.1) is 0 Å². The number of nitrogens with two attached hydrogens (primary N) is 2. The normalized spacial score (nSPS) is 13.4. The zero-order valence-electron chi connectivity index (χ0n) is 11.5. The van der Waals surface area contributed by atoms with Crippen molar-refractivity contribution in [2.24, 2.45) is 11.5 Å². The Labute approximate surface area is 138 Å². The molecular weight excluding hydrogens is 323 g/mol. The van der Waals surface area contributed by atoms with Gasteiger partial charge in [-0.2, -0.15) is 0 Å². The Morgan fingerprint density at radius 3 is 1.18 bits per heavy atom.